The third-order valence-electron chi connectivity index (χ3n) is 4.94. The highest BCUT2D eigenvalue weighted by Crippen LogP contribution is 2.30. The fourth-order valence-corrected chi connectivity index (χ4v) is 3.49. The Morgan fingerprint density at radius 3 is 2.96 bits per heavy atom. The van der Waals surface area contributed by atoms with E-state index in [1.165, 1.54) is 0 Å². The molecule has 1 atom stereocenters. The predicted molar refractivity (Wildman–Crippen MR) is 95.0 cm³/mol. The van der Waals surface area contributed by atoms with Gasteiger partial charge in [-0.15, -0.1) is 0 Å². The lowest BCUT2D eigenvalue weighted by molar-refractivity contribution is -0.120. The monoisotopic (exact) mass is 341 g/mol. The largest absolute Gasteiger partial charge is 0.376 e. The summed E-state index contributed by atoms with van der Waals surface area (Å²) in [6.07, 6.45) is 4.19. The van der Waals surface area contributed by atoms with Crippen molar-refractivity contribution in [3.8, 4) is 0 Å². The van der Waals surface area contributed by atoms with Gasteiger partial charge in [0.15, 0.2) is 0 Å². The van der Waals surface area contributed by atoms with Gasteiger partial charge in [0.25, 0.3) is 5.91 Å². The Labute approximate surface area is 147 Å². The van der Waals surface area contributed by atoms with Crippen LogP contribution in [0.4, 0.5) is 0 Å². The van der Waals surface area contributed by atoms with E-state index in [9.17, 15) is 9.59 Å². The summed E-state index contributed by atoms with van der Waals surface area (Å²) in [7, 11) is 1.64. The molecule has 1 aromatic carbocycles. The van der Waals surface area contributed by atoms with Crippen molar-refractivity contribution in [2.75, 3.05) is 20.2 Å². The zero-order chi connectivity index (χ0) is 17.9. The number of rotatable bonds is 5. The number of nitrogens with two attached hydrogens (primary N) is 1. The van der Waals surface area contributed by atoms with Crippen LogP contribution in [0.1, 0.15) is 36.0 Å². The number of amides is 2. The first-order valence-electron chi connectivity index (χ1n) is 8.50. The number of carbonyl (C=O) groups is 2. The summed E-state index contributed by atoms with van der Waals surface area (Å²) in [4.78, 5) is 30.2. The molecule has 1 aliphatic rings. The molecule has 6 heteroatoms. The van der Waals surface area contributed by atoms with E-state index in [2.05, 4.69) is 4.98 Å². The molecule has 2 amide bonds. The Bertz CT molecular complexity index is 792. The Kier molecular flexibility index (Phi) is 4.99. The van der Waals surface area contributed by atoms with Crippen molar-refractivity contribution >= 4 is 22.7 Å². The molecule has 2 heterocycles. The second-order valence-corrected chi connectivity index (χ2v) is 6.59. The summed E-state index contributed by atoms with van der Waals surface area (Å²) in [5.74, 6) is -0.368. The van der Waals surface area contributed by atoms with Crippen LogP contribution in [0.15, 0.2) is 36.5 Å². The molecular weight excluding hydrogens is 318 g/mol. The average molecular weight is 341 g/mol. The van der Waals surface area contributed by atoms with Gasteiger partial charge in [0, 0.05) is 43.8 Å². The van der Waals surface area contributed by atoms with Gasteiger partial charge in [-0.2, -0.15) is 0 Å². The van der Waals surface area contributed by atoms with Gasteiger partial charge in [-0.1, -0.05) is 6.07 Å². The molecule has 1 aliphatic heterocycles. The van der Waals surface area contributed by atoms with E-state index in [4.69, 9.17) is 10.5 Å². The van der Waals surface area contributed by atoms with Crippen LogP contribution in [0.5, 0.6) is 0 Å². The number of ether oxygens (including phenoxy) is 1. The number of methoxy groups -OCH3 is 1. The lowest BCUT2D eigenvalue weighted by Crippen LogP contribution is -2.51. The Morgan fingerprint density at radius 2 is 2.20 bits per heavy atom. The van der Waals surface area contributed by atoms with E-state index < -0.39 is 5.60 Å². The molecule has 132 valence electrons. The number of primary amides is 1. The molecule has 1 fully saturated rings. The standard InChI is InChI=1S/C19H23N3O3/c1-25-19(9-7-17(20)23)8-3-11-22(13-19)18(24)15-5-6-16-14(12-15)4-2-10-21-16/h2,4-6,10,12H,3,7-9,11,13H2,1H3,(H2,20,23)/t19-/m0/s1. The van der Waals surface area contributed by atoms with E-state index in [-0.39, 0.29) is 18.2 Å². The quantitative estimate of drug-likeness (QED) is 0.902. The zero-order valence-corrected chi connectivity index (χ0v) is 14.4. The van der Waals surface area contributed by atoms with E-state index in [1.54, 1.807) is 13.3 Å². The van der Waals surface area contributed by atoms with Crippen LogP contribution < -0.4 is 5.73 Å². The number of pyridine rings is 1. The van der Waals surface area contributed by atoms with Crippen molar-refractivity contribution in [3.05, 3.63) is 42.1 Å². The molecule has 3 rings (SSSR count). The van der Waals surface area contributed by atoms with Crippen LogP contribution >= 0.6 is 0 Å². The van der Waals surface area contributed by atoms with E-state index in [0.717, 1.165) is 23.7 Å². The van der Waals surface area contributed by atoms with E-state index >= 15 is 0 Å². The van der Waals surface area contributed by atoms with Gasteiger partial charge in [0.05, 0.1) is 11.1 Å². The fraction of sp³-hybridized carbons (Fsp3) is 0.421. The maximum absolute atomic E-state index is 12.9. The number of nitrogens with zero attached hydrogens (tertiary/aromatic N) is 2. The highest BCUT2D eigenvalue weighted by molar-refractivity contribution is 5.98. The maximum Gasteiger partial charge on any atom is 0.253 e. The highest BCUT2D eigenvalue weighted by Gasteiger charge is 2.37. The van der Waals surface area contributed by atoms with E-state index in [0.29, 0.717) is 25.1 Å². The number of piperidine rings is 1. The molecule has 2 N–H and O–H groups in total. The van der Waals surface area contributed by atoms with Crippen molar-refractivity contribution in [3.63, 3.8) is 0 Å². The van der Waals surface area contributed by atoms with Crippen LogP contribution in [0.25, 0.3) is 10.9 Å². The number of hydrogen-bond acceptors (Lipinski definition) is 4. The lowest BCUT2D eigenvalue weighted by atomic mass is 9.87. The SMILES string of the molecule is CO[C@]1(CCC(N)=O)CCCN(C(=O)c2ccc3ncccc3c2)C1. The molecule has 0 aliphatic carbocycles. The second kappa shape index (κ2) is 7.19. The topological polar surface area (TPSA) is 85.5 Å². The molecular formula is C19H23N3O3. The highest BCUT2D eigenvalue weighted by atomic mass is 16.5. The van der Waals surface area contributed by atoms with E-state index in [1.807, 2.05) is 35.2 Å². The number of fused-ring (bicyclic) bond motifs is 1. The normalized spacial score (nSPS) is 20.6. The number of carbonyl (C=O) groups excluding carboxylic acids is 2. The van der Waals surface area contributed by atoms with Gasteiger partial charge in [-0.25, -0.2) is 0 Å². The second-order valence-electron chi connectivity index (χ2n) is 6.59. The Balaban J connectivity index is 1.79. The summed E-state index contributed by atoms with van der Waals surface area (Å²) < 4.78 is 5.70. The molecule has 0 unspecified atom stereocenters. The predicted octanol–water partition coefficient (Wildman–Crippen LogP) is 2.12. The first-order valence-corrected chi connectivity index (χ1v) is 8.50. The number of hydrogen-bond donors (Lipinski definition) is 1. The Morgan fingerprint density at radius 1 is 1.36 bits per heavy atom. The van der Waals surface area contributed by atoms with Crippen molar-refractivity contribution in [2.45, 2.75) is 31.3 Å². The van der Waals surface area contributed by atoms with Crippen LogP contribution in [-0.2, 0) is 9.53 Å². The molecule has 1 aromatic heterocycles. The van der Waals surface area contributed by atoms with Gasteiger partial charge in [0.2, 0.25) is 5.91 Å². The van der Waals surface area contributed by atoms with Crippen molar-refractivity contribution < 1.29 is 14.3 Å². The van der Waals surface area contributed by atoms with Crippen molar-refractivity contribution in [2.24, 2.45) is 5.73 Å². The first kappa shape index (κ1) is 17.4. The van der Waals surface area contributed by atoms with Gasteiger partial charge >= 0.3 is 0 Å². The van der Waals surface area contributed by atoms with Crippen LogP contribution in [0.2, 0.25) is 0 Å². The van der Waals surface area contributed by atoms with Crippen molar-refractivity contribution in [1.82, 2.24) is 9.88 Å². The van der Waals surface area contributed by atoms with Crippen LogP contribution in [0, 0.1) is 0 Å². The van der Waals surface area contributed by atoms with Gasteiger partial charge in [-0.3, -0.25) is 14.6 Å². The maximum atomic E-state index is 12.9. The zero-order valence-electron chi connectivity index (χ0n) is 14.4. The Hall–Kier alpha value is -2.47. The molecule has 25 heavy (non-hydrogen) atoms. The molecule has 6 nitrogen and oxygen atoms in total. The van der Waals surface area contributed by atoms with Crippen molar-refractivity contribution in [1.29, 1.82) is 0 Å². The summed E-state index contributed by atoms with van der Waals surface area (Å²) in [5.41, 5.74) is 6.29. The summed E-state index contributed by atoms with van der Waals surface area (Å²) >= 11 is 0. The summed E-state index contributed by atoms with van der Waals surface area (Å²) in [6.45, 7) is 1.16. The minimum atomic E-state index is -0.499. The van der Waals surface area contributed by atoms with Gasteiger partial charge < -0.3 is 15.4 Å². The first-order chi connectivity index (χ1) is 12.0. The smallest absolute Gasteiger partial charge is 0.253 e. The molecule has 2 aromatic rings. The van der Waals surface area contributed by atoms with Gasteiger partial charge in [-0.05, 0) is 43.5 Å². The minimum absolute atomic E-state index is 0.0223. The fourth-order valence-electron chi connectivity index (χ4n) is 3.49. The summed E-state index contributed by atoms with van der Waals surface area (Å²) in [6, 6.07) is 9.35. The molecule has 0 saturated carbocycles. The average Bonchev–Trinajstić information content (AvgIpc) is 2.65. The number of benzene rings is 1. The third kappa shape index (κ3) is 3.79. The number of aromatic nitrogens is 1. The van der Waals surface area contributed by atoms with Crippen LogP contribution in [-0.4, -0.2) is 47.5 Å². The molecule has 1 saturated heterocycles. The molecule has 0 spiro atoms. The molecule has 0 radical (unpaired) electrons. The number of likely N-dealkylation sites (tertiary alicyclic amines) is 1. The minimum Gasteiger partial charge on any atom is -0.376 e. The third-order valence-corrected chi connectivity index (χ3v) is 4.94. The van der Waals surface area contributed by atoms with Gasteiger partial charge in [0.1, 0.15) is 0 Å². The molecule has 0 bridgehead atoms. The summed E-state index contributed by atoms with van der Waals surface area (Å²) in [5, 5.41) is 0.942. The van der Waals surface area contributed by atoms with Crippen LogP contribution in [0.3, 0.4) is 0 Å². The lowest BCUT2D eigenvalue weighted by Gasteiger charge is -2.42.